The molecule has 1 aromatic heterocycles. The van der Waals surface area contributed by atoms with Crippen molar-refractivity contribution < 1.29 is 4.79 Å². The van der Waals surface area contributed by atoms with Gasteiger partial charge >= 0.3 is 0 Å². The van der Waals surface area contributed by atoms with Gasteiger partial charge < -0.3 is 20.4 Å². The lowest BCUT2D eigenvalue weighted by atomic mass is 10.2. The first-order chi connectivity index (χ1) is 14.2. The van der Waals surface area contributed by atoms with Gasteiger partial charge in [-0.1, -0.05) is 18.1 Å². The van der Waals surface area contributed by atoms with Gasteiger partial charge in [-0.2, -0.15) is 0 Å². The van der Waals surface area contributed by atoms with E-state index in [1.165, 1.54) is 0 Å². The zero-order valence-electron chi connectivity index (χ0n) is 17.0. The normalized spacial score (nSPS) is 13.8. The molecule has 0 unspecified atom stereocenters. The number of nitrogens with one attached hydrogen (secondary N) is 2. The average Bonchev–Trinajstić information content (AvgIpc) is 2.77. The van der Waals surface area contributed by atoms with E-state index in [0.717, 1.165) is 50.1 Å². The maximum absolute atomic E-state index is 12.3. The largest absolute Gasteiger partial charge is 0.357 e. The minimum absolute atomic E-state index is 0. The Hall–Kier alpha value is -2.80. The van der Waals surface area contributed by atoms with Crippen molar-refractivity contribution in [1.82, 2.24) is 15.2 Å². The first-order valence-electron chi connectivity index (χ1n) is 9.75. The Bertz CT molecular complexity index is 888. The molecule has 1 amide bonds. The summed E-state index contributed by atoms with van der Waals surface area (Å²) in [6.07, 6.45) is 7.22. The molecule has 0 aliphatic carbocycles. The number of benzene rings is 1. The van der Waals surface area contributed by atoms with Gasteiger partial charge in [0.2, 0.25) is 5.91 Å². The second kappa shape index (κ2) is 12.0. The Balaban J connectivity index is 0.00000320. The van der Waals surface area contributed by atoms with E-state index in [-0.39, 0.29) is 36.4 Å². The third kappa shape index (κ3) is 6.62. The fraction of sp³-hybridized carbons (Fsp3) is 0.318. The number of amides is 1. The van der Waals surface area contributed by atoms with Gasteiger partial charge in [-0.05, 0) is 37.3 Å². The van der Waals surface area contributed by atoms with Crippen molar-refractivity contribution in [2.75, 3.05) is 49.5 Å². The van der Waals surface area contributed by atoms with Crippen LogP contribution in [0.15, 0.2) is 53.7 Å². The van der Waals surface area contributed by atoms with Crippen LogP contribution in [0.3, 0.4) is 0 Å². The van der Waals surface area contributed by atoms with E-state index in [0.29, 0.717) is 5.69 Å². The summed E-state index contributed by atoms with van der Waals surface area (Å²) in [5, 5.41) is 6.12. The topological polar surface area (TPSA) is 72.9 Å². The second-order valence-electron chi connectivity index (χ2n) is 6.61. The van der Waals surface area contributed by atoms with E-state index in [4.69, 9.17) is 6.42 Å². The highest BCUT2D eigenvalue weighted by molar-refractivity contribution is 14.0. The molecule has 0 atom stereocenters. The second-order valence-corrected chi connectivity index (χ2v) is 6.61. The van der Waals surface area contributed by atoms with Gasteiger partial charge in [-0.3, -0.25) is 4.79 Å². The van der Waals surface area contributed by atoms with Crippen LogP contribution >= 0.6 is 24.0 Å². The van der Waals surface area contributed by atoms with Crippen LogP contribution in [0.25, 0.3) is 0 Å². The SMILES string of the molecule is C#Cc1cccc(NC(=O)CN=C(NCC)N2CCN(c3ccccn3)CC2)c1.I. The van der Waals surface area contributed by atoms with Gasteiger partial charge in [0.15, 0.2) is 5.96 Å². The highest BCUT2D eigenvalue weighted by Crippen LogP contribution is 2.13. The van der Waals surface area contributed by atoms with Gasteiger partial charge in [-0.15, -0.1) is 30.4 Å². The van der Waals surface area contributed by atoms with Crippen molar-refractivity contribution in [3.8, 4) is 12.3 Å². The van der Waals surface area contributed by atoms with Crippen molar-refractivity contribution in [2.24, 2.45) is 4.99 Å². The number of aromatic nitrogens is 1. The molecule has 1 aromatic carbocycles. The molecular weight excluding hydrogens is 491 g/mol. The van der Waals surface area contributed by atoms with E-state index in [1.807, 2.05) is 49.5 Å². The molecule has 1 fully saturated rings. The Morgan fingerprint density at radius 2 is 2.00 bits per heavy atom. The fourth-order valence-electron chi connectivity index (χ4n) is 3.15. The number of pyridine rings is 1. The Labute approximate surface area is 195 Å². The number of hydrogen-bond acceptors (Lipinski definition) is 4. The van der Waals surface area contributed by atoms with E-state index in [2.05, 4.69) is 36.3 Å². The zero-order valence-corrected chi connectivity index (χ0v) is 19.4. The van der Waals surface area contributed by atoms with Gasteiger partial charge in [0, 0.05) is 50.2 Å². The predicted molar refractivity (Wildman–Crippen MR) is 132 cm³/mol. The third-order valence-corrected chi connectivity index (χ3v) is 4.57. The summed E-state index contributed by atoms with van der Waals surface area (Å²) < 4.78 is 0. The number of carbonyl (C=O) groups is 1. The number of nitrogens with zero attached hydrogens (tertiary/aromatic N) is 4. The molecule has 2 aromatic rings. The molecule has 2 N–H and O–H groups in total. The molecule has 0 spiro atoms. The summed E-state index contributed by atoms with van der Waals surface area (Å²) in [5.41, 5.74) is 1.40. The fourth-order valence-corrected chi connectivity index (χ4v) is 3.15. The van der Waals surface area contributed by atoms with E-state index >= 15 is 0 Å². The molecule has 2 heterocycles. The molecule has 7 nitrogen and oxygen atoms in total. The highest BCUT2D eigenvalue weighted by atomic mass is 127. The van der Waals surface area contributed by atoms with Crippen LogP contribution in [-0.4, -0.2) is 61.0 Å². The Morgan fingerprint density at radius 1 is 1.20 bits per heavy atom. The van der Waals surface area contributed by atoms with Crippen molar-refractivity contribution >= 4 is 47.3 Å². The van der Waals surface area contributed by atoms with Crippen LogP contribution in [0.4, 0.5) is 11.5 Å². The van der Waals surface area contributed by atoms with Gasteiger partial charge in [0.05, 0.1) is 0 Å². The molecule has 158 valence electrons. The van der Waals surface area contributed by atoms with Gasteiger partial charge in [0.25, 0.3) is 0 Å². The molecule has 0 saturated carbocycles. The van der Waals surface area contributed by atoms with Gasteiger partial charge in [-0.25, -0.2) is 9.98 Å². The number of halogens is 1. The number of aliphatic imine (C=N–C) groups is 1. The molecule has 0 radical (unpaired) electrons. The lowest BCUT2D eigenvalue weighted by Gasteiger charge is -2.37. The minimum atomic E-state index is -0.179. The number of terminal acetylenes is 1. The first kappa shape index (κ1) is 23.5. The lowest BCUT2D eigenvalue weighted by molar-refractivity contribution is -0.114. The lowest BCUT2D eigenvalue weighted by Crippen LogP contribution is -2.53. The number of anilines is 2. The molecule has 0 bridgehead atoms. The summed E-state index contributed by atoms with van der Waals surface area (Å²) in [6, 6.07) is 13.2. The monoisotopic (exact) mass is 518 g/mol. The number of rotatable bonds is 5. The standard InChI is InChI=1S/C22H26N6O.HI/c1-3-18-8-7-9-19(16-18)26-21(29)17-25-22(23-4-2)28-14-12-27(13-15-28)20-10-5-6-11-24-20;/h1,5-11,16H,4,12-15,17H2,2H3,(H,23,25)(H,26,29);1H. The summed E-state index contributed by atoms with van der Waals surface area (Å²) in [4.78, 5) is 25.7. The summed E-state index contributed by atoms with van der Waals surface area (Å²) in [6.45, 7) is 6.14. The van der Waals surface area contributed by atoms with E-state index in [9.17, 15) is 4.79 Å². The van der Waals surface area contributed by atoms with Crippen LogP contribution < -0.4 is 15.5 Å². The van der Waals surface area contributed by atoms with Crippen LogP contribution in [0.1, 0.15) is 12.5 Å². The summed E-state index contributed by atoms with van der Waals surface area (Å²) in [7, 11) is 0. The number of hydrogen-bond donors (Lipinski definition) is 2. The Kier molecular flexibility index (Phi) is 9.41. The maximum Gasteiger partial charge on any atom is 0.246 e. The molecule has 1 aliphatic rings. The summed E-state index contributed by atoms with van der Waals surface area (Å²) in [5.74, 6) is 4.12. The number of carbonyl (C=O) groups excluding carboxylic acids is 1. The highest BCUT2D eigenvalue weighted by Gasteiger charge is 2.20. The van der Waals surface area contributed by atoms with Crippen molar-refractivity contribution in [2.45, 2.75) is 6.92 Å². The Morgan fingerprint density at radius 3 is 2.67 bits per heavy atom. The minimum Gasteiger partial charge on any atom is -0.357 e. The summed E-state index contributed by atoms with van der Waals surface area (Å²) >= 11 is 0. The van der Waals surface area contributed by atoms with Crippen molar-refractivity contribution in [1.29, 1.82) is 0 Å². The smallest absolute Gasteiger partial charge is 0.246 e. The predicted octanol–water partition coefficient (Wildman–Crippen LogP) is 2.41. The quantitative estimate of drug-likeness (QED) is 0.276. The molecular formula is C22H27IN6O. The van der Waals surface area contributed by atoms with Crippen LogP contribution in [0.2, 0.25) is 0 Å². The molecule has 1 aliphatic heterocycles. The molecule has 8 heteroatoms. The van der Waals surface area contributed by atoms with Crippen molar-refractivity contribution in [3.05, 3.63) is 54.2 Å². The number of piperazine rings is 1. The number of guanidine groups is 1. The maximum atomic E-state index is 12.3. The molecule has 3 rings (SSSR count). The van der Waals surface area contributed by atoms with Crippen molar-refractivity contribution in [3.63, 3.8) is 0 Å². The third-order valence-electron chi connectivity index (χ3n) is 4.57. The van der Waals surface area contributed by atoms with Gasteiger partial charge in [0.1, 0.15) is 12.4 Å². The molecule has 30 heavy (non-hydrogen) atoms. The van der Waals surface area contributed by atoms with Crippen LogP contribution in [0, 0.1) is 12.3 Å². The van der Waals surface area contributed by atoms with E-state index in [1.54, 1.807) is 6.07 Å². The van der Waals surface area contributed by atoms with E-state index < -0.39 is 0 Å². The molecule has 1 saturated heterocycles. The van der Waals surface area contributed by atoms with Crippen LogP contribution in [0.5, 0.6) is 0 Å². The zero-order chi connectivity index (χ0) is 20.5. The average molecular weight is 518 g/mol. The first-order valence-corrected chi connectivity index (χ1v) is 9.75. The van der Waals surface area contributed by atoms with Crippen LogP contribution in [-0.2, 0) is 4.79 Å².